The molecule has 1 unspecified atom stereocenters. The molecule has 1 saturated heterocycles. The fourth-order valence-electron chi connectivity index (χ4n) is 2.21. The van der Waals surface area contributed by atoms with E-state index in [-0.39, 0.29) is 16.6 Å². The summed E-state index contributed by atoms with van der Waals surface area (Å²) in [5, 5.41) is 8.89. The maximum atomic E-state index is 12.2. The van der Waals surface area contributed by atoms with E-state index in [1.807, 2.05) is 7.05 Å². The van der Waals surface area contributed by atoms with Crippen molar-refractivity contribution in [3.63, 3.8) is 0 Å². The van der Waals surface area contributed by atoms with Crippen LogP contribution in [0.3, 0.4) is 0 Å². The molecule has 0 radical (unpaired) electrons. The molecular formula is C12H16N4O2S. The molecule has 0 saturated carbocycles. The van der Waals surface area contributed by atoms with Crippen molar-refractivity contribution in [1.29, 1.82) is 5.26 Å². The van der Waals surface area contributed by atoms with Crippen LogP contribution in [0, 0.1) is 11.3 Å². The largest absolute Gasteiger partial charge is 0.302 e. The first kappa shape index (κ1) is 13.9. The fourth-order valence-corrected chi connectivity index (χ4v) is 3.39. The third-order valence-corrected chi connectivity index (χ3v) is 4.80. The first-order valence-electron chi connectivity index (χ1n) is 6.09. The highest BCUT2D eigenvalue weighted by molar-refractivity contribution is 7.89. The van der Waals surface area contributed by atoms with Crippen molar-refractivity contribution in [2.24, 2.45) is 0 Å². The second-order valence-electron chi connectivity index (χ2n) is 4.59. The standard InChI is InChI=1S/C12H16N4O2S/c1-16-7-3-4-10(16)9-15-19(17,18)12-5-2-6-14-11(12)8-13/h2,5-6,10,15H,3-4,7,9H2,1H3. The van der Waals surface area contributed by atoms with Crippen LogP contribution in [0.4, 0.5) is 0 Å². The number of nitriles is 1. The van der Waals surface area contributed by atoms with Gasteiger partial charge in [0.05, 0.1) is 0 Å². The normalized spacial score (nSPS) is 20.3. The van der Waals surface area contributed by atoms with E-state index < -0.39 is 10.0 Å². The van der Waals surface area contributed by atoms with Crippen LogP contribution < -0.4 is 4.72 Å². The molecule has 6 nitrogen and oxygen atoms in total. The van der Waals surface area contributed by atoms with Gasteiger partial charge in [0.2, 0.25) is 10.0 Å². The van der Waals surface area contributed by atoms with Gasteiger partial charge in [0.25, 0.3) is 0 Å². The second-order valence-corrected chi connectivity index (χ2v) is 6.33. The van der Waals surface area contributed by atoms with Gasteiger partial charge in [-0.3, -0.25) is 0 Å². The summed E-state index contributed by atoms with van der Waals surface area (Å²) in [4.78, 5) is 5.85. The van der Waals surface area contributed by atoms with Gasteiger partial charge < -0.3 is 4.90 Å². The number of hydrogen-bond donors (Lipinski definition) is 1. The maximum Gasteiger partial charge on any atom is 0.243 e. The molecule has 0 bridgehead atoms. The Morgan fingerprint density at radius 1 is 1.63 bits per heavy atom. The predicted molar refractivity (Wildman–Crippen MR) is 69.8 cm³/mol. The fraction of sp³-hybridized carbons (Fsp3) is 0.500. The Morgan fingerprint density at radius 3 is 3.05 bits per heavy atom. The molecule has 0 amide bonds. The zero-order valence-electron chi connectivity index (χ0n) is 10.7. The van der Waals surface area contributed by atoms with E-state index in [1.54, 1.807) is 6.07 Å². The maximum absolute atomic E-state index is 12.2. The molecular weight excluding hydrogens is 264 g/mol. The quantitative estimate of drug-likeness (QED) is 0.858. The molecule has 0 aromatic carbocycles. The van der Waals surface area contributed by atoms with E-state index in [4.69, 9.17) is 5.26 Å². The summed E-state index contributed by atoms with van der Waals surface area (Å²) in [6.07, 6.45) is 3.47. The van der Waals surface area contributed by atoms with Crippen LogP contribution in [0.15, 0.2) is 23.2 Å². The van der Waals surface area contributed by atoms with Crippen molar-refractivity contribution in [3.8, 4) is 6.07 Å². The van der Waals surface area contributed by atoms with Crippen LogP contribution in [-0.2, 0) is 10.0 Å². The third kappa shape index (κ3) is 3.10. The lowest BCUT2D eigenvalue weighted by Gasteiger charge is -2.19. The van der Waals surface area contributed by atoms with Crippen LogP contribution in [0.2, 0.25) is 0 Å². The minimum Gasteiger partial charge on any atom is -0.302 e. The molecule has 1 fully saturated rings. The van der Waals surface area contributed by atoms with Crippen LogP contribution in [0.1, 0.15) is 18.5 Å². The summed E-state index contributed by atoms with van der Waals surface area (Å²) in [5.41, 5.74) is -0.0743. The van der Waals surface area contributed by atoms with Crippen molar-refractivity contribution >= 4 is 10.0 Å². The molecule has 0 spiro atoms. The number of nitrogens with one attached hydrogen (secondary N) is 1. The summed E-state index contributed by atoms with van der Waals surface area (Å²) < 4.78 is 26.9. The van der Waals surface area contributed by atoms with Gasteiger partial charge in [-0.05, 0) is 38.6 Å². The van der Waals surface area contributed by atoms with Crippen molar-refractivity contribution in [1.82, 2.24) is 14.6 Å². The molecule has 1 atom stereocenters. The van der Waals surface area contributed by atoms with Gasteiger partial charge in [-0.1, -0.05) is 0 Å². The highest BCUT2D eigenvalue weighted by atomic mass is 32.2. The number of likely N-dealkylation sites (tertiary alicyclic amines) is 1. The number of pyridine rings is 1. The van der Waals surface area contributed by atoms with Crippen LogP contribution in [0.25, 0.3) is 0 Å². The average Bonchev–Trinajstić information content (AvgIpc) is 2.82. The molecule has 102 valence electrons. The number of likely N-dealkylation sites (N-methyl/N-ethyl adjacent to an activating group) is 1. The third-order valence-electron chi connectivity index (χ3n) is 3.35. The Morgan fingerprint density at radius 2 is 2.42 bits per heavy atom. The zero-order chi connectivity index (χ0) is 13.9. The van der Waals surface area contributed by atoms with Crippen LogP contribution >= 0.6 is 0 Å². The van der Waals surface area contributed by atoms with Crippen molar-refractivity contribution in [2.45, 2.75) is 23.8 Å². The van der Waals surface area contributed by atoms with E-state index in [1.165, 1.54) is 18.3 Å². The summed E-state index contributed by atoms with van der Waals surface area (Å²) in [5.74, 6) is 0. The molecule has 7 heteroatoms. The number of nitrogens with zero attached hydrogens (tertiary/aromatic N) is 3. The Kier molecular flexibility index (Phi) is 4.14. The van der Waals surface area contributed by atoms with Gasteiger partial charge in [-0.25, -0.2) is 18.1 Å². The predicted octanol–water partition coefficient (Wildman–Crippen LogP) is 0.326. The van der Waals surface area contributed by atoms with Gasteiger partial charge in [0, 0.05) is 18.8 Å². The van der Waals surface area contributed by atoms with Gasteiger partial charge >= 0.3 is 0 Å². The topological polar surface area (TPSA) is 86.1 Å². The number of hydrogen-bond acceptors (Lipinski definition) is 5. The monoisotopic (exact) mass is 280 g/mol. The van der Waals surface area contributed by atoms with Gasteiger partial charge in [-0.2, -0.15) is 5.26 Å². The zero-order valence-corrected chi connectivity index (χ0v) is 11.5. The van der Waals surface area contributed by atoms with Gasteiger partial charge in [0.1, 0.15) is 11.0 Å². The summed E-state index contributed by atoms with van der Waals surface area (Å²) in [6, 6.07) is 4.92. The first-order valence-corrected chi connectivity index (χ1v) is 7.58. The molecule has 1 aliphatic heterocycles. The highest BCUT2D eigenvalue weighted by Gasteiger charge is 2.25. The van der Waals surface area contributed by atoms with Gasteiger partial charge in [-0.15, -0.1) is 0 Å². The highest BCUT2D eigenvalue weighted by Crippen LogP contribution is 2.16. The number of aromatic nitrogens is 1. The number of rotatable bonds is 4. The molecule has 1 aromatic heterocycles. The Bertz CT molecular complexity index is 594. The minimum absolute atomic E-state index is 0.0573. The Balaban J connectivity index is 2.12. The molecule has 0 aliphatic carbocycles. The molecule has 2 heterocycles. The molecule has 1 aliphatic rings. The summed E-state index contributed by atoms with van der Waals surface area (Å²) in [7, 11) is -1.69. The van der Waals surface area contributed by atoms with E-state index in [9.17, 15) is 8.42 Å². The van der Waals surface area contributed by atoms with Crippen molar-refractivity contribution < 1.29 is 8.42 Å². The molecule has 1 aromatic rings. The lowest BCUT2D eigenvalue weighted by atomic mass is 10.2. The lowest BCUT2D eigenvalue weighted by molar-refractivity contribution is 0.311. The Labute approximate surface area is 113 Å². The average molecular weight is 280 g/mol. The second kappa shape index (κ2) is 5.65. The summed E-state index contributed by atoms with van der Waals surface area (Å²) >= 11 is 0. The SMILES string of the molecule is CN1CCCC1CNS(=O)(=O)c1cccnc1C#N. The molecule has 19 heavy (non-hydrogen) atoms. The molecule has 2 rings (SSSR count). The van der Waals surface area contributed by atoms with Crippen molar-refractivity contribution in [3.05, 3.63) is 24.0 Å². The van der Waals surface area contributed by atoms with Crippen LogP contribution in [-0.4, -0.2) is 44.5 Å². The van der Waals surface area contributed by atoms with E-state index in [0.29, 0.717) is 6.54 Å². The Hall–Kier alpha value is -1.49. The molecule has 1 N–H and O–H groups in total. The van der Waals surface area contributed by atoms with E-state index in [2.05, 4.69) is 14.6 Å². The lowest BCUT2D eigenvalue weighted by Crippen LogP contribution is -2.38. The van der Waals surface area contributed by atoms with E-state index in [0.717, 1.165) is 19.4 Å². The number of sulfonamides is 1. The van der Waals surface area contributed by atoms with Gasteiger partial charge in [0.15, 0.2) is 5.69 Å². The van der Waals surface area contributed by atoms with E-state index >= 15 is 0 Å². The van der Waals surface area contributed by atoms with Crippen LogP contribution in [0.5, 0.6) is 0 Å². The first-order chi connectivity index (χ1) is 9.04. The van der Waals surface area contributed by atoms with Crippen molar-refractivity contribution in [2.75, 3.05) is 20.1 Å². The smallest absolute Gasteiger partial charge is 0.243 e. The summed E-state index contributed by atoms with van der Waals surface area (Å²) in [6.45, 7) is 1.35. The minimum atomic E-state index is -3.68.